The predicted octanol–water partition coefficient (Wildman–Crippen LogP) is 1.91. The smallest absolute Gasteiger partial charge is 0.273 e. The van der Waals surface area contributed by atoms with Crippen molar-refractivity contribution < 1.29 is 4.79 Å². The van der Waals surface area contributed by atoms with Crippen molar-refractivity contribution in [2.75, 3.05) is 11.1 Å². The first-order chi connectivity index (χ1) is 8.08. The Morgan fingerprint density at radius 3 is 2.94 bits per heavy atom. The molecule has 0 fully saturated rings. The molecule has 88 valence electrons. The van der Waals surface area contributed by atoms with Gasteiger partial charge in [-0.15, -0.1) is 0 Å². The van der Waals surface area contributed by atoms with Gasteiger partial charge in [-0.3, -0.25) is 4.79 Å². The van der Waals surface area contributed by atoms with E-state index >= 15 is 0 Å². The van der Waals surface area contributed by atoms with Crippen LogP contribution in [0.2, 0.25) is 5.02 Å². The highest BCUT2D eigenvalue weighted by atomic mass is 35.5. The molecular formula is C11H11ClN4O. The number of nitrogens with one attached hydrogen (secondary N) is 1. The first-order valence-electron chi connectivity index (χ1n) is 4.90. The van der Waals surface area contributed by atoms with E-state index in [0.717, 1.165) is 0 Å². The quantitative estimate of drug-likeness (QED) is 0.800. The van der Waals surface area contributed by atoms with Crippen LogP contribution in [0.3, 0.4) is 0 Å². The summed E-state index contributed by atoms with van der Waals surface area (Å²) in [6.45, 7) is 0. The molecule has 17 heavy (non-hydrogen) atoms. The summed E-state index contributed by atoms with van der Waals surface area (Å²) in [7, 11) is 1.74. The second kappa shape index (κ2) is 4.47. The first kappa shape index (κ1) is 11.5. The molecular weight excluding hydrogens is 240 g/mol. The van der Waals surface area contributed by atoms with Crippen LogP contribution in [-0.4, -0.2) is 15.5 Å². The average Bonchev–Trinajstić information content (AvgIpc) is 2.70. The molecule has 0 saturated carbocycles. The molecule has 0 aliphatic rings. The van der Waals surface area contributed by atoms with Gasteiger partial charge in [0, 0.05) is 12.1 Å². The van der Waals surface area contributed by atoms with Gasteiger partial charge in [0.15, 0.2) is 0 Å². The summed E-state index contributed by atoms with van der Waals surface area (Å²) in [4.78, 5) is 15.8. The van der Waals surface area contributed by atoms with Crippen molar-refractivity contribution in [2.24, 2.45) is 7.05 Å². The normalized spacial score (nSPS) is 10.2. The zero-order valence-electron chi connectivity index (χ0n) is 9.14. The molecule has 2 rings (SSSR count). The third-order valence-corrected chi connectivity index (χ3v) is 2.55. The Morgan fingerprint density at radius 2 is 2.29 bits per heavy atom. The number of carbonyl (C=O) groups is 1. The van der Waals surface area contributed by atoms with E-state index in [2.05, 4.69) is 10.3 Å². The van der Waals surface area contributed by atoms with E-state index in [1.807, 2.05) is 0 Å². The topological polar surface area (TPSA) is 72.9 Å². The minimum atomic E-state index is -0.279. The van der Waals surface area contributed by atoms with E-state index in [1.165, 1.54) is 6.20 Å². The predicted molar refractivity (Wildman–Crippen MR) is 67.0 cm³/mol. The second-order valence-electron chi connectivity index (χ2n) is 3.58. The number of nitrogens with two attached hydrogens (primary N) is 1. The number of anilines is 2. The van der Waals surface area contributed by atoms with E-state index in [0.29, 0.717) is 22.1 Å². The molecule has 0 unspecified atom stereocenters. The van der Waals surface area contributed by atoms with Gasteiger partial charge in [-0.2, -0.15) is 0 Å². The molecule has 0 spiro atoms. The fraction of sp³-hybridized carbons (Fsp3) is 0.0909. The maximum absolute atomic E-state index is 11.9. The number of nitrogens with zero attached hydrogens (tertiary/aromatic N) is 2. The Morgan fingerprint density at radius 1 is 1.53 bits per heavy atom. The number of aromatic nitrogens is 2. The number of nitrogen functional groups attached to an aromatic ring is 1. The van der Waals surface area contributed by atoms with Crippen LogP contribution in [0, 0.1) is 0 Å². The number of imidazole rings is 1. The number of amides is 1. The standard InChI is InChI=1S/C11H11ClN4O/c1-16-6-14-5-10(16)11(17)15-9-4-7(12)2-3-8(9)13/h2-6H,13H2,1H3,(H,15,17). The fourth-order valence-corrected chi connectivity index (χ4v) is 1.57. The first-order valence-corrected chi connectivity index (χ1v) is 5.28. The fourth-order valence-electron chi connectivity index (χ4n) is 1.40. The molecule has 0 atom stereocenters. The number of benzene rings is 1. The zero-order chi connectivity index (χ0) is 12.4. The molecule has 0 saturated heterocycles. The largest absolute Gasteiger partial charge is 0.397 e. The lowest BCUT2D eigenvalue weighted by atomic mass is 10.2. The molecule has 0 radical (unpaired) electrons. The summed E-state index contributed by atoms with van der Waals surface area (Å²) in [5.74, 6) is -0.279. The van der Waals surface area contributed by atoms with Gasteiger partial charge >= 0.3 is 0 Å². The molecule has 1 heterocycles. The van der Waals surface area contributed by atoms with E-state index in [1.54, 1.807) is 36.1 Å². The summed E-state index contributed by atoms with van der Waals surface area (Å²) >= 11 is 5.83. The summed E-state index contributed by atoms with van der Waals surface area (Å²) in [5.41, 5.74) is 7.13. The zero-order valence-corrected chi connectivity index (χ0v) is 9.90. The Labute approximate surface area is 103 Å². The molecule has 1 amide bonds. The molecule has 0 aliphatic heterocycles. The number of hydrogen-bond acceptors (Lipinski definition) is 3. The van der Waals surface area contributed by atoms with E-state index in [4.69, 9.17) is 17.3 Å². The van der Waals surface area contributed by atoms with Crippen molar-refractivity contribution in [1.82, 2.24) is 9.55 Å². The lowest BCUT2D eigenvalue weighted by Crippen LogP contribution is -2.16. The third-order valence-electron chi connectivity index (χ3n) is 2.31. The summed E-state index contributed by atoms with van der Waals surface area (Å²) in [5, 5.41) is 3.20. The van der Waals surface area contributed by atoms with Crippen molar-refractivity contribution in [3.05, 3.63) is 41.4 Å². The van der Waals surface area contributed by atoms with Crippen LogP contribution in [0.4, 0.5) is 11.4 Å². The van der Waals surface area contributed by atoms with Crippen molar-refractivity contribution in [3.63, 3.8) is 0 Å². The third kappa shape index (κ3) is 2.39. The van der Waals surface area contributed by atoms with Crippen LogP contribution in [0.1, 0.15) is 10.5 Å². The molecule has 1 aromatic carbocycles. The van der Waals surface area contributed by atoms with Crippen LogP contribution in [0.25, 0.3) is 0 Å². The Hall–Kier alpha value is -2.01. The summed E-state index contributed by atoms with van der Waals surface area (Å²) in [6.07, 6.45) is 3.03. The van der Waals surface area contributed by atoms with Crippen molar-refractivity contribution in [2.45, 2.75) is 0 Å². The van der Waals surface area contributed by atoms with Gasteiger partial charge in [0.25, 0.3) is 5.91 Å². The number of halogens is 1. The second-order valence-corrected chi connectivity index (χ2v) is 4.01. The Kier molecular flexibility index (Phi) is 3.01. The van der Waals surface area contributed by atoms with E-state index in [9.17, 15) is 4.79 Å². The minimum absolute atomic E-state index is 0.279. The van der Waals surface area contributed by atoms with Gasteiger partial charge in [-0.1, -0.05) is 11.6 Å². The van der Waals surface area contributed by atoms with Crippen LogP contribution < -0.4 is 11.1 Å². The monoisotopic (exact) mass is 250 g/mol. The van der Waals surface area contributed by atoms with Gasteiger partial charge < -0.3 is 15.6 Å². The summed E-state index contributed by atoms with van der Waals surface area (Å²) < 4.78 is 1.62. The highest BCUT2D eigenvalue weighted by Crippen LogP contribution is 2.23. The van der Waals surface area contributed by atoms with Crippen molar-refractivity contribution >= 4 is 28.9 Å². The molecule has 5 nitrogen and oxygen atoms in total. The molecule has 1 aromatic heterocycles. The highest BCUT2D eigenvalue weighted by Gasteiger charge is 2.11. The number of rotatable bonds is 2. The van der Waals surface area contributed by atoms with Gasteiger partial charge in [0.2, 0.25) is 0 Å². The van der Waals surface area contributed by atoms with Crippen LogP contribution >= 0.6 is 11.6 Å². The highest BCUT2D eigenvalue weighted by molar-refractivity contribution is 6.31. The minimum Gasteiger partial charge on any atom is -0.397 e. The molecule has 0 aliphatic carbocycles. The maximum atomic E-state index is 11.9. The van der Waals surface area contributed by atoms with Crippen molar-refractivity contribution in [1.29, 1.82) is 0 Å². The van der Waals surface area contributed by atoms with Gasteiger partial charge in [-0.25, -0.2) is 4.98 Å². The maximum Gasteiger partial charge on any atom is 0.273 e. The summed E-state index contributed by atoms with van der Waals surface area (Å²) in [6, 6.07) is 4.91. The van der Waals surface area contributed by atoms with Crippen LogP contribution in [0.15, 0.2) is 30.7 Å². The Balaban J connectivity index is 2.24. The molecule has 6 heteroatoms. The average molecular weight is 251 g/mol. The lowest BCUT2D eigenvalue weighted by molar-refractivity contribution is 0.101. The molecule has 3 N–H and O–H groups in total. The SMILES string of the molecule is Cn1cncc1C(=O)Nc1cc(Cl)ccc1N. The van der Waals surface area contributed by atoms with E-state index in [-0.39, 0.29) is 5.91 Å². The van der Waals surface area contributed by atoms with Crippen LogP contribution in [0.5, 0.6) is 0 Å². The van der Waals surface area contributed by atoms with Gasteiger partial charge in [0.05, 0.1) is 23.9 Å². The van der Waals surface area contributed by atoms with E-state index < -0.39 is 0 Å². The molecule has 2 aromatic rings. The lowest BCUT2D eigenvalue weighted by Gasteiger charge is -2.08. The van der Waals surface area contributed by atoms with Gasteiger partial charge in [0.1, 0.15) is 5.69 Å². The number of aryl methyl sites for hydroxylation is 1. The van der Waals surface area contributed by atoms with Crippen LogP contribution in [-0.2, 0) is 7.05 Å². The molecule has 0 bridgehead atoms. The van der Waals surface area contributed by atoms with Crippen molar-refractivity contribution in [3.8, 4) is 0 Å². The number of hydrogen-bond donors (Lipinski definition) is 2. The number of carbonyl (C=O) groups excluding carboxylic acids is 1. The Bertz CT molecular complexity index is 564. The van der Waals surface area contributed by atoms with Gasteiger partial charge in [-0.05, 0) is 18.2 Å².